The van der Waals surface area contributed by atoms with E-state index in [1.165, 1.54) is 0 Å². The maximum absolute atomic E-state index is 12.3. The third-order valence-corrected chi connectivity index (χ3v) is 6.47. The lowest BCUT2D eigenvalue weighted by Crippen LogP contribution is -2.50. The van der Waals surface area contributed by atoms with Crippen LogP contribution in [-0.4, -0.2) is 43.2 Å². The van der Waals surface area contributed by atoms with Crippen LogP contribution in [0.15, 0.2) is 24.3 Å². The average Bonchev–Trinajstić information content (AvgIpc) is 2.49. The second-order valence-corrected chi connectivity index (χ2v) is 9.76. The smallest absolute Gasteiger partial charge is 0.321 e. The Labute approximate surface area is 144 Å². The minimum atomic E-state index is -3.36. The molecule has 0 aliphatic carbocycles. The van der Waals surface area contributed by atoms with Crippen molar-refractivity contribution in [3.05, 3.63) is 29.8 Å². The van der Waals surface area contributed by atoms with Crippen molar-refractivity contribution >= 4 is 21.7 Å². The molecule has 1 aromatic rings. The van der Waals surface area contributed by atoms with Crippen molar-refractivity contribution in [2.24, 2.45) is 0 Å². The normalized spacial score (nSPS) is 16.9. The van der Waals surface area contributed by atoms with E-state index in [0.29, 0.717) is 25.9 Å². The fraction of sp³-hybridized carbons (Fsp3) is 0.588. The average molecular weight is 353 g/mol. The highest BCUT2D eigenvalue weighted by atomic mass is 32.2. The molecular formula is C17H27N3O3S. The Hall–Kier alpha value is -1.60. The zero-order valence-electron chi connectivity index (χ0n) is 14.8. The van der Waals surface area contributed by atoms with Gasteiger partial charge in [0.25, 0.3) is 0 Å². The molecule has 0 bridgehead atoms. The second kappa shape index (κ2) is 7.11. The molecule has 0 radical (unpaired) electrons. The van der Waals surface area contributed by atoms with Crippen LogP contribution < -0.4 is 10.0 Å². The van der Waals surface area contributed by atoms with Crippen LogP contribution in [-0.2, 0) is 10.0 Å². The van der Waals surface area contributed by atoms with E-state index in [2.05, 4.69) is 10.0 Å². The molecule has 1 fully saturated rings. The van der Waals surface area contributed by atoms with E-state index in [9.17, 15) is 13.2 Å². The number of nitrogens with one attached hydrogen (secondary N) is 2. The number of amides is 2. The molecule has 0 aromatic heterocycles. The molecule has 7 heteroatoms. The van der Waals surface area contributed by atoms with Gasteiger partial charge in [-0.3, -0.25) is 0 Å². The SMILES string of the molecule is Cc1ccc(NC(=O)N2CCC(NS(=O)(=O)C(C)(C)C)CC2)cc1. The van der Waals surface area contributed by atoms with Crippen LogP contribution in [0, 0.1) is 6.92 Å². The number of carbonyl (C=O) groups excluding carboxylic acids is 1. The van der Waals surface area contributed by atoms with Crippen LogP contribution in [0.1, 0.15) is 39.2 Å². The summed E-state index contributed by atoms with van der Waals surface area (Å²) >= 11 is 0. The Bertz CT molecular complexity index is 670. The molecule has 1 saturated heterocycles. The van der Waals surface area contributed by atoms with Gasteiger partial charge in [-0.1, -0.05) is 17.7 Å². The zero-order valence-corrected chi connectivity index (χ0v) is 15.6. The van der Waals surface area contributed by atoms with E-state index in [1.807, 2.05) is 31.2 Å². The van der Waals surface area contributed by atoms with E-state index in [4.69, 9.17) is 0 Å². The summed E-state index contributed by atoms with van der Waals surface area (Å²) in [6, 6.07) is 7.38. The number of rotatable bonds is 3. The van der Waals surface area contributed by atoms with Crippen molar-refractivity contribution in [2.45, 2.75) is 51.3 Å². The maximum atomic E-state index is 12.3. The summed E-state index contributed by atoms with van der Waals surface area (Å²) in [7, 11) is -3.36. The number of carbonyl (C=O) groups is 1. The van der Waals surface area contributed by atoms with Gasteiger partial charge in [0, 0.05) is 24.8 Å². The lowest BCUT2D eigenvalue weighted by molar-refractivity contribution is 0.193. The number of anilines is 1. The van der Waals surface area contributed by atoms with Crippen LogP contribution >= 0.6 is 0 Å². The Morgan fingerprint density at radius 3 is 2.17 bits per heavy atom. The summed E-state index contributed by atoms with van der Waals surface area (Å²) in [5, 5.41) is 2.87. The molecule has 0 spiro atoms. The van der Waals surface area contributed by atoms with Gasteiger partial charge in [0.05, 0.1) is 4.75 Å². The van der Waals surface area contributed by atoms with Gasteiger partial charge in [-0.15, -0.1) is 0 Å². The standard InChI is InChI=1S/C17H27N3O3S/c1-13-5-7-14(8-6-13)18-16(21)20-11-9-15(10-12-20)19-24(22,23)17(2,3)4/h5-8,15,19H,9-12H2,1-4H3,(H,18,21). The molecule has 1 aliphatic heterocycles. The molecule has 24 heavy (non-hydrogen) atoms. The Balaban J connectivity index is 1.86. The molecule has 2 amide bonds. The van der Waals surface area contributed by atoms with E-state index in [1.54, 1.807) is 25.7 Å². The Morgan fingerprint density at radius 2 is 1.67 bits per heavy atom. The van der Waals surface area contributed by atoms with Crippen LogP contribution in [0.4, 0.5) is 10.5 Å². The first kappa shape index (κ1) is 18.7. The summed E-state index contributed by atoms with van der Waals surface area (Å²) < 4.78 is 26.3. The number of benzene rings is 1. The predicted octanol–water partition coefficient (Wildman–Crippen LogP) is 2.71. The third-order valence-electron chi connectivity index (χ3n) is 4.21. The molecule has 6 nitrogen and oxygen atoms in total. The zero-order chi connectivity index (χ0) is 18.0. The lowest BCUT2D eigenvalue weighted by Gasteiger charge is -2.33. The van der Waals surface area contributed by atoms with E-state index < -0.39 is 14.8 Å². The fourth-order valence-corrected chi connectivity index (χ4v) is 3.46. The molecule has 1 heterocycles. The largest absolute Gasteiger partial charge is 0.324 e. The number of aryl methyl sites for hydroxylation is 1. The molecule has 0 atom stereocenters. The Kier molecular flexibility index (Phi) is 5.55. The number of hydrogen-bond donors (Lipinski definition) is 2. The van der Waals surface area contributed by atoms with E-state index in [0.717, 1.165) is 11.3 Å². The van der Waals surface area contributed by atoms with Crippen molar-refractivity contribution in [3.8, 4) is 0 Å². The van der Waals surface area contributed by atoms with Crippen molar-refractivity contribution < 1.29 is 13.2 Å². The first-order valence-corrected chi connectivity index (χ1v) is 9.71. The van der Waals surface area contributed by atoms with Gasteiger partial charge >= 0.3 is 6.03 Å². The predicted molar refractivity (Wildman–Crippen MR) is 96.6 cm³/mol. The summed E-state index contributed by atoms with van der Waals surface area (Å²) in [6.07, 6.45) is 1.24. The minimum Gasteiger partial charge on any atom is -0.324 e. The monoisotopic (exact) mass is 353 g/mol. The number of hydrogen-bond acceptors (Lipinski definition) is 3. The van der Waals surface area contributed by atoms with Gasteiger partial charge in [-0.2, -0.15) is 0 Å². The first-order valence-electron chi connectivity index (χ1n) is 8.23. The Morgan fingerprint density at radius 1 is 1.12 bits per heavy atom. The van der Waals surface area contributed by atoms with Gasteiger partial charge in [0.1, 0.15) is 0 Å². The summed E-state index contributed by atoms with van der Waals surface area (Å²) in [4.78, 5) is 14.0. The maximum Gasteiger partial charge on any atom is 0.321 e. The highest BCUT2D eigenvalue weighted by Crippen LogP contribution is 2.18. The van der Waals surface area contributed by atoms with E-state index >= 15 is 0 Å². The molecule has 0 saturated carbocycles. The fourth-order valence-electron chi connectivity index (χ4n) is 2.44. The quantitative estimate of drug-likeness (QED) is 0.877. The highest BCUT2D eigenvalue weighted by Gasteiger charge is 2.33. The van der Waals surface area contributed by atoms with Crippen LogP contribution in [0.3, 0.4) is 0 Å². The van der Waals surface area contributed by atoms with Gasteiger partial charge < -0.3 is 10.2 Å². The number of piperidine rings is 1. The van der Waals surface area contributed by atoms with E-state index in [-0.39, 0.29) is 12.1 Å². The molecule has 134 valence electrons. The van der Waals surface area contributed by atoms with Crippen LogP contribution in [0.2, 0.25) is 0 Å². The second-order valence-electron chi connectivity index (χ2n) is 7.29. The number of nitrogens with zero attached hydrogens (tertiary/aromatic N) is 1. The summed E-state index contributed by atoms with van der Waals surface area (Å²) in [6.45, 7) is 8.11. The minimum absolute atomic E-state index is 0.113. The van der Waals surface area contributed by atoms with Crippen molar-refractivity contribution in [1.29, 1.82) is 0 Å². The van der Waals surface area contributed by atoms with Crippen LogP contribution in [0.5, 0.6) is 0 Å². The van der Waals surface area contributed by atoms with Crippen molar-refractivity contribution in [2.75, 3.05) is 18.4 Å². The van der Waals surface area contributed by atoms with Crippen molar-refractivity contribution in [3.63, 3.8) is 0 Å². The van der Waals surface area contributed by atoms with Crippen LogP contribution in [0.25, 0.3) is 0 Å². The lowest BCUT2D eigenvalue weighted by atomic mass is 10.1. The molecule has 1 aliphatic rings. The number of sulfonamides is 1. The number of urea groups is 1. The summed E-state index contributed by atoms with van der Waals surface area (Å²) in [5.41, 5.74) is 1.90. The third kappa shape index (κ3) is 4.70. The van der Waals surface area contributed by atoms with Gasteiger partial charge in [0.15, 0.2) is 0 Å². The van der Waals surface area contributed by atoms with Gasteiger partial charge in [-0.25, -0.2) is 17.9 Å². The molecule has 0 unspecified atom stereocenters. The molecule has 2 rings (SSSR count). The van der Waals surface area contributed by atoms with Gasteiger partial charge in [-0.05, 0) is 52.7 Å². The highest BCUT2D eigenvalue weighted by molar-refractivity contribution is 7.90. The summed E-state index contributed by atoms with van der Waals surface area (Å²) in [5.74, 6) is 0. The van der Waals surface area contributed by atoms with Crippen molar-refractivity contribution in [1.82, 2.24) is 9.62 Å². The topological polar surface area (TPSA) is 78.5 Å². The first-order chi connectivity index (χ1) is 11.1. The number of likely N-dealkylation sites (tertiary alicyclic amines) is 1. The molecule has 2 N–H and O–H groups in total. The van der Waals surface area contributed by atoms with Gasteiger partial charge in [0.2, 0.25) is 10.0 Å². The molecule has 1 aromatic carbocycles. The molecular weight excluding hydrogens is 326 g/mol.